The lowest BCUT2D eigenvalue weighted by molar-refractivity contribution is 0.165. The summed E-state index contributed by atoms with van der Waals surface area (Å²) in [6.07, 6.45) is 2.51. The summed E-state index contributed by atoms with van der Waals surface area (Å²) >= 11 is 0. The van der Waals surface area contributed by atoms with Gasteiger partial charge in [-0.15, -0.1) is 12.4 Å². The number of aryl methyl sites for hydroxylation is 2. The fraction of sp³-hybridized carbons (Fsp3) is 0.625. The van der Waals surface area contributed by atoms with Crippen LogP contribution in [0.3, 0.4) is 0 Å². The number of rotatable bonds is 3. The zero-order valence-corrected chi connectivity index (χ0v) is 13.2. The number of hydrogen-bond acceptors (Lipinski definition) is 2. The molecule has 0 aliphatic carbocycles. The molecule has 0 bridgehead atoms. The molecule has 0 spiro atoms. The molecule has 1 aliphatic rings. The molecular weight excluding hydrogens is 256 g/mol. The minimum atomic E-state index is 0. The molecule has 19 heavy (non-hydrogen) atoms. The van der Waals surface area contributed by atoms with E-state index < -0.39 is 0 Å². The van der Waals surface area contributed by atoms with E-state index in [-0.39, 0.29) is 12.4 Å². The summed E-state index contributed by atoms with van der Waals surface area (Å²) in [5.74, 6) is 0.722. The van der Waals surface area contributed by atoms with Gasteiger partial charge >= 0.3 is 0 Å². The van der Waals surface area contributed by atoms with Crippen LogP contribution in [0, 0.1) is 19.8 Å². The summed E-state index contributed by atoms with van der Waals surface area (Å²) in [4.78, 5) is 2.57. The normalized spacial score (nSPS) is 18.9. The Balaban J connectivity index is 0.00000180. The van der Waals surface area contributed by atoms with Gasteiger partial charge in [0.2, 0.25) is 0 Å². The first kappa shape index (κ1) is 16.5. The smallest absolute Gasteiger partial charge is 0.0236 e. The molecule has 1 aromatic carbocycles. The van der Waals surface area contributed by atoms with Crippen molar-refractivity contribution in [2.45, 2.75) is 46.2 Å². The van der Waals surface area contributed by atoms with Crippen molar-refractivity contribution in [3.63, 3.8) is 0 Å². The second-order valence-electron chi connectivity index (χ2n) is 5.90. The molecule has 2 rings (SSSR count). The molecule has 1 saturated heterocycles. The Morgan fingerprint density at radius 3 is 2.47 bits per heavy atom. The molecule has 0 saturated carbocycles. The fourth-order valence-electron chi connectivity index (χ4n) is 2.85. The third-order valence-corrected chi connectivity index (χ3v) is 4.27. The minimum Gasteiger partial charge on any atom is -0.328 e. The molecule has 1 heterocycles. The molecular formula is C16H27ClN2. The second-order valence-corrected chi connectivity index (χ2v) is 5.90. The Kier molecular flexibility index (Phi) is 6.31. The summed E-state index contributed by atoms with van der Waals surface area (Å²) in [6.45, 7) is 10.0. The molecule has 1 aromatic rings. The van der Waals surface area contributed by atoms with Crippen LogP contribution in [0.4, 0.5) is 0 Å². The number of hydrogen-bond donors (Lipinski definition) is 1. The summed E-state index contributed by atoms with van der Waals surface area (Å²) in [5.41, 5.74) is 10.2. The number of likely N-dealkylation sites (tertiary alicyclic amines) is 1. The van der Waals surface area contributed by atoms with Crippen LogP contribution in [0.2, 0.25) is 0 Å². The Hall–Kier alpha value is -0.570. The highest BCUT2D eigenvalue weighted by Gasteiger charge is 2.21. The monoisotopic (exact) mass is 282 g/mol. The highest BCUT2D eigenvalue weighted by atomic mass is 35.5. The molecule has 1 unspecified atom stereocenters. The average Bonchev–Trinajstić information content (AvgIpc) is 2.34. The zero-order valence-electron chi connectivity index (χ0n) is 12.4. The molecule has 2 nitrogen and oxygen atoms in total. The number of nitrogens with two attached hydrogens (primary N) is 1. The van der Waals surface area contributed by atoms with E-state index in [0.717, 1.165) is 12.5 Å². The van der Waals surface area contributed by atoms with Crippen molar-refractivity contribution >= 4 is 12.4 Å². The van der Waals surface area contributed by atoms with Crippen molar-refractivity contribution in [2.75, 3.05) is 13.1 Å². The van der Waals surface area contributed by atoms with Gasteiger partial charge in [0.05, 0.1) is 0 Å². The second kappa shape index (κ2) is 7.28. The van der Waals surface area contributed by atoms with Gasteiger partial charge in [0.1, 0.15) is 0 Å². The lowest BCUT2D eigenvalue weighted by Crippen LogP contribution is -2.39. The number of nitrogens with zero attached hydrogens (tertiary/aromatic N) is 1. The molecule has 108 valence electrons. The fourth-order valence-corrected chi connectivity index (χ4v) is 2.85. The van der Waals surface area contributed by atoms with Gasteiger partial charge in [-0.05, 0) is 63.7 Å². The SMILES string of the molecule is Cc1ccc(C)c(CN2CCC(C(C)N)CC2)c1.Cl. The summed E-state index contributed by atoms with van der Waals surface area (Å²) in [6, 6.07) is 7.11. The molecule has 2 N–H and O–H groups in total. The average molecular weight is 283 g/mol. The van der Waals surface area contributed by atoms with Crippen LogP contribution in [0.25, 0.3) is 0 Å². The van der Waals surface area contributed by atoms with E-state index in [4.69, 9.17) is 5.73 Å². The maximum absolute atomic E-state index is 5.99. The Morgan fingerprint density at radius 2 is 1.89 bits per heavy atom. The van der Waals surface area contributed by atoms with Crippen molar-refractivity contribution in [1.82, 2.24) is 4.90 Å². The van der Waals surface area contributed by atoms with Gasteiger partial charge in [-0.1, -0.05) is 23.8 Å². The standard InChI is InChI=1S/C16H26N2.ClH/c1-12-4-5-13(2)16(10-12)11-18-8-6-15(7-9-18)14(3)17;/h4-5,10,14-15H,6-9,11,17H2,1-3H3;1H. The predicted molar refractivity (Wildman–Crippen MR) is 84.8 cm³/mol. The predicted octanol–water partition coefficient (Wildman–Crippen LogP) is 3.28. The topological polar surface area (TPSA) is 29.3 Å². The Labute approximate surface area is 123 Å². The van der Waals surface area contributed by atoms with Gasteiger partial charge in [-0.2, -0.15) is 0 Å². The first-order chi connectivity index (χ1) is 8.56. The maximum atomic E-state index is 5.99. The van der Waals surface area contributed by atoms with Crippen molar-refractivity contribution in [3.05, 3.63) is 34.9 Å². The Morgan fingerprint density at radius 1 is 1.26 bits per heavy atom. The molecule has 0 aromatic heterocycles. The number of benzene rings is 1. The first-order valence-corrected chi connectivity index (χ1v) is 7.10. The van der Waals surface area contributed by atoms with Crippen LogP contribution < -0.4 is 5.73 Å². The molecule has 0 radical (unpaired) electrons. The van der Waals surface area contributed by atoms with Crippen LogP contribution in [-0.2, 0) is 6.54 Å². The molecule has 3 heteroatoms. The first-order valence-electron chi connectivity index (χ1n) is 7.10. The molecule has 1 fully saturated rings. The van der Waals surface area contributed by atoms with Crippen LogP contribution >= 0.6 is 12.4 Å². The van der Waals surface area contributed by atoms with Crippen molar-refractivity contribution < 1.29 is 0 Å². The van der Waals surface area contributed by atoms with Crippen LogP contribution in [0.15, 0.2) is 18.2 Å². The zero-order chi connectivity index (χ0) is 13.1. The van der Waals surface area contributed by atoms with Gasteiger partial charge < -0.3 is 5.73 Å². The van der Waals surface area contributed by atoms with Gasteiger partial charge in [0, 0.05) is 12.6 Å². The van der Waals surface area contributed by atoms with E-state index in [9.17, 15) is 0 Å². The van der Waals surface area contributed by atoms with E-state index >= 15 is 0 Å². The summed E-state index contributed by atoms with van der Waals surface area (Å²) < 4.78 is 0. The van der Waals surface area contributed by atoms with Gasteiger partial charge in [-0.25, -0.2) is 0 Å². The van der Waals surface area contributed by atoms with E-state index in [2.05, 4.69) is 43.9 Å². The largest absolute Gasteiger partial charge is 0.328 e. The van der Waals surface area contributed by atoms with Gasteiger partial charge in [0.25, 0.3) is 0 Å². The lowest BCUT2D eigenvalue weighted by atomic mass is 9.90. The van der Waals surface area contributed by atoms with E-state index in [0.29, 0.717) is 6.04 Å². The van der Waals surface area contributed by atoms with E-state index in [1.807, 2.05) is 0 Å². The van der Waals surface area contributed by atoms with Gasteiger partial charge in [-0.3, -0.25) is 4.90 Å². The van der Waals surface area contributed by atoms with E-state index in [1.165, 1.54) is 42.6 Å². The van der Waals surface area contributed by atoms with Crippen LogP contribution in [-0.4, -0.2) is 24.0 Å². The van der Waals surface area contributed by atoms with Crippen molar-refractivity contribution in [2.24, 2.45) is 11.7 Å². The molecule has 1 aliphatic heterocycles. The van der Waals surface area contributed by atoms with Gasteiger partial charge in [0.15, 0.2) is 0 Å². The highest BCUT2D eigenvalue weighted by molar-refractivity contribution is 5.85. The summed E-state index contributed by atoms with van der Waals surface area (Å²) in [7, 11) is 0. The molecule has 1 atom stereocenters. The quantitative estimate of drug-likeness (QED) is 0.922. The molecule has 0 amide bonds. The lowest BCUT2D eigenvalue weighted by Gasteiger charge is -2.34. The third-order valence-electron chi connectivity index (χ3n) is 4.27. The third kappa shape index (κ3) is 4.48. The van der Waals surface area contributed by atoms with Crippen LogP contribution in [0.5, 0.6) is 0 Å². The minimum absolute atomic E-state index is 0. The number of piperidine rings is 1. The van der Waals surface area contributed by atoms with Crippen molar-refractivity contribution in [3.8, 4) is 0 Å². The maximum Gasteiger partial charge on any atom is 0.0236 e. The van der Waals surface area contributed by atoms with E-state index in [1.54, 1.807) is 0 Å². The highest BCUT2D eigenvalue weighted by Crippen LogP contribution is 2.22. The van der Waals surface area contributed by atoms with Crippen molar-refractivity contribution in [1.29, 1.82) is 0 Å². The van der Waals surface area contributed by atoms with Crippen LogP contribution in [0.1, 0.15) is 36.5 Å². The number of halogens is 1. The summed E-state index contributed by atoms with van der Waals surface area (Å²) in [5, 5.41) is 0. The Bertz CT molecular complexity index is 396.